The van der Waals surface area contributed by atoms with Crippen molar-refractivity contribution in [3.8, 4) is 11.5 Å². The van der Waals surface area contributed by atoms with Crippen molar-refractivity contribution >= 4 is 66.4 Å². The molecule has 0 unspecified atom stereocenters. The van der Waals surface area contributed by atoms with Gasteiger partial charge in [0.2, 0.25) is 0 Å². The van der Waals surface area contributed by atoms with Crippen LogP contribution < -0.4 is 8.92 Å². The predicted molar refractivity (Wildman–Crippen MR) is 146 cm³/mol. The van der Waals surface area contributed by atoms with Crippen LogP contribution in [0.15, 0.2) is 74.9 Å². The van der Waals surface area contributed by atoms with Gasteiger partial charge in [0.15, 0.2) is 11.5 Å². The molecule has 0 radical (unpaired) electrons. The van der Waals surface area contributed by atoms with E-state index in [9.17, 15) is 38.2 Å². The van der Waals surface area contributed by atoms with Crippen LogP contribution in [-0.2, 0) is 21.5 Å². The van der Waals surface area contributed by atoms with E-state index >= 15 is 0 Å². The van der Waals surface area contributed by atoms with Gasteiger partial charge in [-0.3, -0.25) is 34.7 Å². The van der Waals surface area contributed by atoms with Crippen LogP contribution in [0.5, 0.6) is 11.5 Å². The summed E-state index contributed by atoms with van der Waals surface area (Å²) in [7, 11) is -3.26. The molecule has 0 spiro atoms. The maximum Gasteiger partial charge on any atom is 0.339 e. The van der Waals surface area contributed by atoms with E-state index in [-0.39, 0.29) is 38.7 Å². The lowest BCUT2D eigenvalue weighted by Crippen LogP contribution is -2.27. The maximum absolute atomic E-state index is 13.0. The van der Waals surface area contributed by atoms with Crippen LogP contribution in [0.2, 0.25) is 0 Å². The number of hydrogen-bond acceptors (Lipinski definition) is 11. The third-order valence-corrected chi connectivity index (χ3v) is 8.16. The number of nitrogens with zero attached hydrogens (tertiary/aromatic N) is 3. The molecule has 40 heavy (non-hydrogen) atoms. The smallest absolute Gasteiger partial charge is 0.339 e. The second-order valence-electron chi connectivity index (χ2n) is 7.98. The summed E-state index contributed by atoms with van der Waals surface area (Å²) in [5.74, 6) is -0.985. The normalized spacial score (nSPS) is 14.4. The molecule has 0 aromatic heterocycles. The number of halogens is 1. The number of para-hydroxylation sites is 1. The van der Waals surface area contributed by atoms with Gasteiger partial charge in [-0.25, -0.2) is 0 Å². The number of nitro benzene ring substituents is 2. The Bertz CT molecular complexity index is 1710. The first-order valence-electron chi connectivity index (χ1n) is 11.0. The summed E-state index contributed by atoms with van der Waals surface area (Å²) in [6.07, 6.45) is 1.37. The summed E-state index contributed by atoms with van der Waals surface area (Å²) >= 11 is 3.85. The Kier molecular flexibility index (Phi) is 8.22. The Labute approximate surface area is 238 Å². The molecule has 1 aliphatic heterocycles. The molecule has 1 saturated heterocycles. The average Bonchev–Trinajstić information content (AvgIpc) is 3.17. The zero-order chi connectivity index (χ0) is 29.2. The summed E-state index contributed by atoms with van der Waals surface area (Å²) < 4.78 is 36.2. The summed E-state index contributed by atoms with van der Waals surface area (Å²) in [5.41, 5.74) is -0.149. The number of methoxy groups -OCH3 is 1. The lowest BCUT2D eigenvalue weighted by molar-refractivity contribution is -0.385. The number of carbonyl (C=O) groups is 2. The highest BCUT2D eigenvalue weighted by Gasteiger charge is 2.36. The van der Waals surface area contributed by atoms with Gasteiger partial charge in [-0.2, -0.15) is 8.42 Å². The predicted octanol–water partition coefficient (Wildman–Crippen LogP) is 5.28. The highest BCUT2D eigenvalue weighted by atomic mass is 79.9. The van der Waals surface area contributed by atoms with E-state index < -0.39 is 41.7 Å². The molecule has 206 valence electrons. The minimum absolute atomic E-state index is 0.0235. The van der Waals surface area contributed by atoms with Crippen LogP contribution in [0.4, 0.5) is 16.2 Å². The monoisotopic (exact) mass is 649 g/mol. The van der Waals surface area contributed by atoms with Gasteiger partial charge in [0.05, 0.1) is 32.9 Å². The molecule has 0 bridgehead atoms. The van der Waals surface area contributed by atoms with Crippen molar-refractivity contribution in [3.63, 3.8) is 0 Å². The second kappa shape index (κ2) is 11.4. The van der Waals surface area contributed by atoms with Crippen LogP contribution in [0.3, 0.4) is 0 Å². The number of thioether (sulfide) groups is 1. The first kappa shape index (κ1) is 28.7. The fraction of sp³-hybridized carbons (Fsp3) is 0.0833. The highest BCUT2D eigenvalue weighted by molar-refractivity contribution is 9.10. The van der Waals surface area contributed by atoms with Crippen molar-refractivity contribution in [1.82, 2.24) is 4.90 Å². The van der Waals surface area contributed by atoms with Crippen LogP contribution in [-0.4, -0.2) is 41.4 Å². The molecule has 0 aliphatic carbocycles. The molecule has 0 atom stereocenters. The third-order valence-electron chi connectivity index (χ3n) is 5.45. The van der Waals surface area contributed by atoms with Crippen molar-refractivity contribution in [2.45, 2.75) is 11.4 Å². The van der Waals surface area contributed by atoms with Crippen molar-refractivity contribution in [3.05, 3.63) is 101 Å². The molecule has 1 fully saturated rings. The number of ether oxygens (including phenoxy) is 1. The molecule has 16 heteroatoms. The molecule has 3 aromatic carbocycles. The second-order valence-corrected chi connectivity index (χ2v) is 11.4. The Morgan fingerprint density at radius 3 is 2.42 bits per heavy atom. The molecular weight excluding hydrogens is 634 g/mol. The zero-order valence-corrected chi connectivity index (χ0v) is 23.4. The van der Waals surface area contributed by atoms with Gasteiger partial charge < -0.3 is 8.92 Å². The molecule has 4 rings (SSSR count). The van der Waals surface area contributed by atoms with E-state index in [0.717, 1.165) is 23.1 Å². The molecule has 13 nitrogen and oxygen atoms in total. The van der Waals surface area contributed by atoms with Crippen LogP contribution in [0, 0.1) is 20.2 Å². The molecule has 2 amide bonds. The van der Waals surface area contributed by atoms with E-state index in [0.29, 0.717) is 17.3 Å². The van der Waals surface area contributed by atoms with Gasteiger partial charge in [0.1, 0.15) is 4.90 Å². The Morgan fingerprint density at radius 2 is 1.75 bits per heavy atom. The summed E-state index contributed by atoms with van der Waals surface area (Å²) in [4.78, 5) is 47.0. The third kappa shape index (κ3) is 5.98. The fourth-order valence-corrected chi connectivity index (χ4v) is 6.08. The van der Waals surface area contributed by atoms with Crippen molar-refractivity contribution in [2.75, 3.05) is 7.11 Å². The Balaban J connectivity index is 1.61. The van der Waals surface area contributed by atoms with Crippen LogP contribution in [0.1, 0.15) is 11.1 Å². The number of rotatable bonds is 9. The number of nitro groups is 2. The Morgan fingerprint density at radius 1 is 1.02 bits per heavy atom. The van der Waals surface area contributed by atoms with E-state index in [1.165, 1.54) is 49.6 Å². The largest absolute Gasteiger partial charge is 0.493 e. The van der Waals surface area contributed by atoms with Crippen molar-refractivity contribution < 1.29 is 36.8 Å². The van der Waals surface area contributed by atoms with Crippen molar-refractivity contribution in [2.24, 2.45) is 0 Å². The van der Waals surface area contributed by atoms with Crippen LogP contribution >= 0.6 is 27.7 Å². The minimum Gasteiger partial charge on any atom is -0.493 e. The first-order chi connectivity index (χ1) is 18.9. The summed E-state index contributed by atoms with van der Waals surface area (Å²) in [6, 6.07) is 12.9. The number of hydrogen-bond donors (Lipinski definition) is 0. The standard InChI is InChI=1S/C24H16BrN3O10S2/c1-37-20-10-14(9-18(25)22(20)38-40(35,36)17-7-4-6-16(12-17)27(31)32)11-21-23(29)26(24(30)39-21)13-15-5-2-3-8-19(15)28(33)34/h2-12H,13H2,1H3/b21-11-. The quantitative estimate of drug-likeness (QED) is 0.127. The number of amides is 2. The molecular formula is C24H16BrN3O10S2. The van der Waals surface area contributed by atoms with Crippen LogP contribution in [0.25, 0.3) is 6.08 Å². The van der Waals surface area contributed by atoms with Gasteiger partial charge in [-0.15, -0.1) is 0 Å². The summed E-state index contributed by atoms with van der Waals surface area (Å²) in [5, 5.41) is 21.7. The van der Waals surface area contributed by atoms with Gasteiger partial charge in [-0.05, 0) is 57.5 Å². The molecule has 1 heterocycles. The van der Waals surface area contributed by atoms with Crippen molar-refractivity contribution in [1.29, 1.82) is 0 Å². The SMILES string of the molecule is COc1cc(/C=C2\SC(=O)N(Cc3ccccc3[N+](=O)[O-])C2=O)cc(Br)c1OS(=O)(=O)c1cccc([N+](=O)[O-])c1. The lowest BCUT2D eigenvalue weighted by Gasteiger charge is -2.14. The zero-order valence-electron chi connectivity index (χ0n) is 20.2. The van der Waals surface area contributed by atoms with Gasteiger partial charge in [0.25, 0.3) is 22.5 Å². The fourth-order valence-electron chi connectivity index (χ4n) is 3.60. The number of carbonyl (C=O) groups excluding carboxylic acids is 2. The van der Waals surface area contributed by atoms with E-state index in [2.05, 4.69) is 15.9 Å². The van der Waals surface area contributed by atoms with E-state index in [1.54, 1.807) is 6.07 Å². The van der Waals surface area contributed by atoms with Gasteiger partial charge >= 0.3 is 10.1 Å². The highest BCUT2D eigenvalue weighted by Crippen LogP contribution is 2.41. The first-order valence-corrected chi connectivity index (χ1v) is 14.0. The van der Waals surface area contributed by atoms with Gasteiger partial charge in [0, 0.05) is 23.8 Å². The molecule has 3 aromatic rings. The van der Waals surface area contributed by atoms with E-state index in [1.807, 2.05) is 0 Å². The number of imide groups is 1. The molecule has 0 saturated carbocycles. The lowest BCUT2D eigenvalue weighted by atomic mass is 10.1. The number of benzene rings is 3. The average molecular weight is 650 g/mol. The minimum atomic E-state index is -4.51. The molecule has 1 aliphatic rings. The topological polar surface area (TPSA) is 176 Å². The summed E-state index contributed by atoms with van der Waals surface area (Å²) in [6.45, 7) is -0.297. The van der Waals surface area contributed by atoms with Gasteiger partial charge in [-0.1, -0.05) is 24.3 Å². The molecule has 0 N–H and O–H groups in total. The van der Waals surface area contributed by atoms with E-state index in [4.69, 9.17) is 8.92 Å². The maximum atomic E-state index is 13.0. The Hall–Kier alpha value is -4.28. The number of non-ortho nitro benzene ring substituents is 1.